The molecule has 1 aromatic rings. The second-order valence-electron chi connectivity index (χ2n) is 4.08. The van der Waals surface area contributed by atoms with Gasteiger partial charge >= 0.3 is 0 Å². The number of phenolic OH excluding ortho intramolecular Hbond substituents is 2. The molecule has 3 rings (SSSR count). The maximum Gasteiger partial charge on any atom is 0.134 e. The van der Waals surface area contributed by atoms with Crippen molar-refractivity contribution in [3.8, 4) is 11.5 Å². The Labute approximate surface area is 110 Å². The van der Waals surface area contributed by atoms with E-state index in [4.69, 9.17) is 36.0 Å². The van der Waals surface area contributed by atoms with Crippen molar-refractivity contribution in [2.24, 2.45) is 0 Å². The molecule has 2 fully saturated rings. The lowest BCUT2D eigenvalue weighted by Gasteiger charge is -1.95. The van der Waals surface area contributed by atoms with Crippen molar-refractivity contribution in [2.45, 2.75) is 12.2 Å². The van der Waals surface area contributed by atoms with Gasteiger partial charge in [0.05, 0.1) is 31.5 Å². The van der Waals surface area contributed by atoms with Crippen LogP contribution in [0.2, 0.25) is 5.02 Å². The van der Waals surface area contributed by atoms with Crippen molar-refractivity contribution < 1.29 is 24.4 Å². The number of benzene rings is 1. The molecule has 5 nitrogen and oxygen atoms in total. The van der Waals surface area contributed by atoms with E-state index in [1.54, 1.807) is 0 Å². The van der Waals surface area contributed by atoms with Gasteiger partial charge in [0, 0.05) is 6.07 Å². The lowest BCUT2D eigenvalue weighted by molar-refractivity contribution is 0.102. The fraction of sp³-hybridized carbons (Fsp3) is 0.500. The number of aromatic hydroxyl groups is 2. The smallest absolute Gasteiger partial charge is 0.134 e. The molecule has 0 saturated carbocycles. The summed E-state index contributed by atoms with van der Waals surface area (Å²) in [5.74, 6) is 0.0345. The average molecular weight is 275 g/mol. The molecule has 6 heteroatoms. The third-order valence-electron chi connectivity index (χ3n) is 2.34. The quantitative estimate of drug-likeness (QED) is 0.644. The fourth-order valence-electron chi connectivity index (χ4n) is 1.16. The van der Waals surface area contributed by atoms with E-state index in [0.29, 0.717) is 12.2 Å². The highest BCUT2D eigenvalue weighted by molar-refractivity contribution is 6.32. The number of hydrogen-bond acceptors (Lipinski definition) is 5. The van der Waals surface area contributed by atoms with E-state index >= 15 is 0 Å². The minimum atomic E-state index is -0.0190. The maximum absolute atomic E-state index is 8.80. The first-order chi connectivity index (χ1) is 8.65. The van der Waals surface area contributed by atoms with Gasteiger partial charge in [0.15, 0.2) is 0 Å². The maximum atomic E-state index is 8.80. The van der Waals surface area contributed by atoms with Gasteiger partial charge in [0.1, 0.15) is 23.7 Å². The summed E-state index contributed by atoms with van der Waals surface area (Å²) in [6.45, 7) is 3.26. The predicted octanol–water partition coefficient (Wildman–Crippen LogP) is 1.55. The second-order valence-corrected chi connectivity index (χ2v) is 4.49. The first-order valence-electron chi connectivity index (χ1n) is 5.63. The Bertz CT molecular complexity index is 378. The highest BCUT2D eigenvalue weighted by atomic mass is 35.5. The largest absolute Gasteiger partial charge is 0.508 e. The predicted molar refractivity (Wildman–Crippen MR) is 65.1 cm³/mol. The van der Waals surface area contributed by atoms with Crippen molar-refractivity contribution in [1.29, 1.82) is 0 Å². The molecule has 2 heterocycles. The molecule has 2 N–H and O–H groups in total. The first kappa shape index (κ1) is 13.4. The normalized spacial score (nSPS) is 24.1. The van der Waals surface area contributed by atoms with E-state index in [2.05, 4.69) is 0 Å². The SMILES string of the molecule is C(OCC1CO1)C1CO1.Oc1ccc(O)c(Cl)c1. The third-order valence-corrected chi connectivity index (χ3v) is 2.65. The van der Waals surface area contributed by atoms with Crippen molar-refractivity contribution >= 4 is 11.6 Å². The van der Waals surface area contributed by atoms with Crippen molar-refractivity contribution in [2.75, 3.05) is 26.4 Å². The zero-order valence-electron chi connectivity index (χ0n) is 9.71. The van der Waals surface area contributed by atoms with Gasteiger partial charge < -0.3 is 24.4 Å². The highest BCUT2D eigenvalue weighted by Crippen LogP contribution is 2.26. The van der Waals surface area contributed by atoms with Crippen LogP contribution < -0.4 is 0 Å². The Hall–Kier alpha value is -1.01. The zero-order chi connectivity index (χ0) is 13.0. The summed E-state index contributed by atoms with van der Waals surface area (Å²) in [6, 6.07) is 3.97. The molecule has 0 radical (unpaired) electrons. The molecule has 2 saturated heterocycles. The molecule has 2 aliphatic rings. The summed E-state index contributed by atoms with van der Waals surface area (Å²) in [5.41, 5.74) is 0. The van der Waals surface area contributed by atoms with Crippen LogP contribution in [0.1, 0.15) is 0 Å². The van der Waals surface area contributed by atoms with Gasteiger partial charge in [-0.25, -0.2) is 0 Å². The molecule has 100 valence electrons. The standard InChI is InChI=1S/C6H5ClO2.C6H10O3/c7-5-3-4(8)1-2-6(5)9;1(5-3-8-5)7-2-6-4-9-6/h1-3,8-9H;5-6H,1-4H2. The minimum absolute atomic E-state index is 0.0190. The van der Waals surface area contributed by atoms with Crippen LogP contribution in [0.4, 0.5) is 0 Å². The summed E-state index contributed by atoms with van der Waals surface area (Å²) in [7, 11) is 0. The van der Waals surface area contributed by atoms with Crippen molar-refractivity contribution in [1.82, 2.24) is 0 Å². The molecule has 2 atom stereocenters. The number of hydrogen-bond donors (Lipinski definition) is 2. The van der Waals surface area contributed by atoms with Crippen LogP contribution in [-0.4, -0.2) is 48.8 Å². The van der Waals surface area contributed by atoms with Gasteiger partial charge in [-0.2, -0.15) is 0 Å². The molecule has 0 bridgehead atoms. The number of ether oxygens (including phenoxy) is 3. The van der Waals surface area contributed by atoms with Gasteiger partial charge in [-0.3, -0.25) is 0 Å². The van der Waals surface area contributed by atoms with Crippen molar-refractivity contribution in [3.63, 3.8) is 0 Å². The van der Waals surface area contributed by atoms with Gasteiger partial charge in [0.2, 0.25) is 0 Å². The molecule has 0 aliphatic carbocycles. The molecular formula is C12H15ClO5. The topological polar surface area (TPSA) is 74.8 Å². The van der Waals surface area contributed by atoms with E-state index in [1.807, 2.05) is 0 Å². The van der Waals surface area contributed by atoms with E-state index in [0.717, 1.165) is 26.4 Å². The number of halogens is 1. The van der Waals surface area contributed by atoms with E-state index in [1.165, 1.54) is 18.2 Å². The number of rotatable bonds is 4. The highest BCUT2D eigenvalue weighted by Gasteiger charge is 2.26. The van der Waals surface area contributed by atoms with Gasteiger partial charge in [0.25, 0.3) is 0 Å². The molecular weight excluding hydrogens is 260 g/mol. The lowest BCUT2D eigenvalue weighted by Crippen LogP contribution is -2.06. The summed E-state index contributed by atoms with van der Waals surface area (Å²) >= 11 is 5.40. The molecule has 0 aromatic heterocycles. The Kier molecular flexibility index (Phi) is 4.66. The summed E-state index contributed by atoms with van der Waals surface area (Å²) in [6.07, 6.45) is 0.785. The Morgan fingerprint density at radius 3 is 2.11 bits per heavy atom. The molecule has 0 amide bonds. The Balaban J connectivity index is 0.000000134. The number of phenols is 2. The zero-order valence-corrected chi connectivity index (χ0v) is 10.5. The van der Waals surface area contributed by atoms with E-state index < -0.39 is 0 Å². The average Bonchev–Trinajstić information content (AvgIpc) is 3.18. The molecule has 2 unspecified atom stereocenters. The molecule has 0 spiro atoms. The molecule has 18 heavy (non-hydrogen) atoms. The Morgan fingerprint density at radius 1 is 1.17 bits per heavy atom. The summed E-state index contributed by atoms with van der Waals surface area (Å²) in [5, 5.41) is 17.7. The summed E-state index contributed by atoms with van der Waals surface area (Å²) < 4.78 is 15.1. The fourth-order valence-corrected chi connectivity index (χ4v) is 1.33. The van der Waals surface area contributed by atoms with Crippen LogP contribution in [0.3, 0.4) is 0 Å². The van der Waals surface area contributed by atoms with Gasteiger partial charge in [-0.15, -0.1) is 0 Å². The number of epoxide rings is 2. The first-order valence-corrected chi connectivity index (χ1v) is 6.01. The Morgan fingerprint density at radius 2 is 1.72 bits per heavy atom. The summed E-state index contributed by atoms with van der Waals surface area (Å²) in [4.78, 5) is 0. The van der Waals surface area contributed by atoms with Gasteiger partial charge in [-0.1, -0.05) is 11.6 Å². The lowest BCUT2D eigenvalue weighted by atomic mass is 10.3. The van der Waals surface area contributed by atoms with Crippen LogP contribution >= 0.6 is 11.6 Å². The monoisotopic (exact) mass is 274 g/mol. The molecule has 1 aromatic carbocycles. The third kappa shape index (κ3) is 5.10. The van der Waals surface area contributed by atoms with Crippen LogP contribution in [0.15, 0.2) is 18.2 Å². The minimum Gasteiger partial charge on any atom is -0.508 e. The van der Waals surface area contributed by atoms with Crippen LogP contribution in [0, 0.1) is 0 Å². The van der Waals surface area contributed by atoms with Gasteiger partial charge in [-0.05, 0) is 12.1 Å². The van der Waals surface area contributed by atoms with Crippen LogP contribution in [0.5, 0.6) is 11.5 Å². The van der Waals surface area contributed by atoms with E-state index in [-0.39, 0.29) is 16.5 Å². The van der Waals surface area contributed by atoms with Crippen molar-refractivity contribution in [3.05, 3.63) is 23.2 Å². The second kappa shape index (κ2) is 6.24. The van der Waals surface area contributed by atoms with Crippen LogP contribution in [-0.2, 0) is 14.2 Å². The van der Waals surface area contributed by atoms with E-state index in [9.17, 15) is 0 Å². The van der Waals surface area contributed by atoms with Crippen LogP contribution in [0.25, 0.3) is 0 Å². The molecule has 2 aliphatic heterocycles.